The number of nitrogens with zero attached hydrogens (tertiary/aromatic N) is 1. The number of amides is 1. The molecule has 0 aliphatic heterocycles. The lowest BCUT2D eigenvalue weighted by molar-refractivity contribution is 0.207. The Morgan fingerprint density at radius 1 is 1.44 bits per heavy atom. The van der Waals surface area contributed by atoms with Gasteiger partial charge in [0.25, 0.3) is 0 Å². The summed E-state index contributed by atoms with van der Waals surface area (Å²) in [4.78, 5) is 11.0. The van der Waals surface area contributed by atoms with Gasteiger partial charge in [-0.3, -0.25) is 0 Å². The zero-order chi connectivity index (χ0) is 12.2. The number of hydrogen-bond acceptors (Lipinski definition) is 5. The molecule has 1 aromatic carbocycles. The van der Waals surface area contributed by atoms with E-state index in [0.29, 0.717) is 0 Å². The highest BCUT2D eigenvalue weighted by atomic mass is 35.7. The molecule has 0 spiro atoms. The van der Waals surface area contributed by atoms with Crippen LogP contribution in [0.1, 0.15) is 5.56 Å². The van der Waals surface area contributed by atoms with Gasteiger partial charge in [-0.2, -0.15) is 13.7 Å². The van der Waals surface area contributed by atoms with Gasteiger partial charge in [0.15, 0.2) is 5.75 Å². The molecule has 0 aliphatic rings. The molecule has 0 aromatic heterocycles. The minimum absolute atomic E-state index is 0.0529. The first-order valence-electron chi connectivity index (χ1n) is 3.86. The van der Waals surface area contributed by atoms with Crippen LogP contribution in [0.15, 0.2) is 24.3 Å². The second-order valence-corrected chi connectivity index (χ2v) is 4.84. The average Bonchev–Trinajstić information content (AvgIpc) is 2.15. The van der Waals surface area contributed by atoms with Crippen molar-refractivity contribution in [3.63, 3.8) is 0 Å². The van der Waals surface area contributed by atoms with E-state index in [1.165, 1.54) is 22.9 Å². The van der Waals surface area contributed by atoms with E-state index >= 15 is 0 Å². The number of hydrogen-bond donors (Lipinski definition) is 1. The number of nitrogens with one attached hydrogen (secondary N) is 1. The van der Waals surface area contributed by atoms with Crippen molar-refractivity contribution >= 4 is 26.0 Å². The summed E-state index contributed by atoms with van der Waals surface area (Å²) in [6.45, 7) is 0. The molecular formula is C8H5ClN2O4S. The summed E-state index contributed by atoms with van der Waals surface area (Å²) in [7, 11) is 0.565. The first-order chi connectivity index (χ1) is 7.42. The van der Waals surface area contributed by atoms with E-state index in [-0.39, 0.29) is 11.3 Å². The molecule has 0 bridgehead atoms. The summed E-state index contributed by atoms with van der Waals surface area (Å²) < 4.78 is 26.9. The molecule has 1 aromatic rings. The summed E-state index contributed by atoms with van der Waals surface area (Å²) in [6, 6.07) is 7.63. The Labute approximate surface area is 95.9 Å². The molecule has 0 atom stereocenters. The van der Waals surface area contributed by atoms with Gasteiger partial charge in [-0.1, -0.05) is 12.1 Å². The predicted molar refractivity (Wildman–Crippen MR) is 55.1 cm³/mol. The molecule has 84 valence electrons. The number of rotatable bonds is 2. The lowest BCUT2D eigenvalue weighted by Gasteiger charge is -2.04. The van der Waals surface area contributed by atoms with Gasteiger partial charge >= 0.3 is 15.3 Å². The van der Waals surface area contributed by atoms with Crippen molar-refractivity contribution in [3.05, 3.63) is 29.8 Å². The van der Waals surface area contributed by atoms with Crippen molar-refractivity contribution in [3.8, 4) is 11.8 Å². The Morgan fingerprint density at radius 2 is 2.06 bits per heavy atom. The Hall–Kier alpha value is -1.78. The summed E-state index contributed by atoms with van der Waals surface area (Å²) in [6.07, 6.45) is -1.28. The maximum atomic E-state index is 11.0. The SMILES string of the molecule is N#Cc1ccccc1OC(=O)NS(=O)(=O)Cl. The first kappa shape index (κ1) is 12.3. The number of ether oxygens (including phenoxy) is 1. The normalized spacial score (nSPS) is 10.2. The molecule has 0 aliphatic carbocycles. The maximum Gasteiger partial charge on any atom is 0.427 e. The molecule has 0 saturated heterocycles. The fourth-order valence-electron chi connectivity index (χ4n) is 0.868. The number of nitriles is 1. The van der Waals surface area contributed by atoms with Crippen LogP contribution < -0.4 is 9.46 Å². The van der Waals surface area contributed by atoms with Crippen molar-refractivity contribution in [1.29, 1.82) is 5.26 Å². The summed E-state index contributed by atoms with van der Waals surface area (Å²) in [5, 5.41) is 8.66. The summed E-state index contributed by atoms with van der Waals surface area (Å²) in [5.74, 6) is -0.0529. The van der Waals surface area contributed by atoms with Gasteiger partial charge in [0.2, 0.25) is 0 Å². The first-order valence-corrected chi connectivity index (χ1v) is 6.16. The largest absolute Gasteiger partial charge is 0.427 e. The number of halogens is 1. The smallest absolute Gasteiger partial charge is 0.408 e. The van der Waals surface area contributed by atoms with Crippen molar-refractivity contribution < 1.29 is 17.9 Å². The third-order valence-electron chi connectivity index (χ3n) is 1.42. The highest BCUT2D eigenvalue weighted by molar-refractivity contribution is 8.12. The number of carbonyl (C=O) groups excluding carboxylic acids is 1. The molecular weight excluding hydrogens is 256 g/mol. The highest BCUT2D eigenvalue weighted by Gasteiger charge is 2.14. The Balaban J connectivity index is 2.82. The molecule has 1 N–H and O–H groups in total. The van der Waals surface area contributed by atoms with Crippen LogP contribution >= 0.6 is 10.7 Å². The van der Waals surface area contributed by atoms with Crippen LogP contribution in [0.5, 0.6) is 5.75 Å². The van der Waals surface area contributed by atoms with Crippen LogP contribution in [-0.4, -0.2) is 14.5 Å². The van der Waals surface area contributed by atoms with E-state index in [9.17, 15) is 13.2 Å². The third kappa shape index (κ3) is 3.76. The quantitative estimate of drug-likeness (QED) is 0.804. The van der Waals surface area contributed by atoms with Crippen molar-refractivity contribution in [2.45, 2.75) is 0 Å². The number of carbonyl (C=O) groups is 1. The van der Waals surface area contributed by atoms with E-state index in [1.54, 1.807) is 12.1 Å². The Kier molecular flexibility index (Phi) is 3.71. The predicted octanol–water partition coefficient (Wildman–Crippen LogP) is 1.13. The van der Waals surface area contributed by atoms with E-state index in [0.717, 1.165) is 0 Å². The van der Waals surface area contributed by atoms with Gasteiger partial charge in [-0.15, -0.1) is 0 Å². The van der Waals surface area contributed by atoms with Gasteiger partial charge in [0, 0.05) is 10.7 Å². The van der Waals surface area contributed by atoms with Crippen molar-refractivity contribution in [2.24, 2.45) is 0 Å². The average molecular weight is 261 g/mol. The van der Waals surface area contributed by atoms with Crippen LogP contribution in [0, 0.1) is 11.3 Å². The molecule has 0 unspecified atom stereocenters. The Morgan fingerprint density at radius 3 is 2.62 bits per heavy atom. The van der Waals surface area contributed by atoms with E-state index in [2.05, 4.69) is 4.74 Å². The topological polar surface area (TPSA) is 96.3 Å². The number of para-hydroxylation sites is 1. The molecule has 16 heavy (non-hydrogen) atoms. The molecule has 1 amide bonds. The lowest BCUT2D eigenvalue weighted by Crippen LogP contribution is -2.29. The third-order valence-corrected chi connectivity index (χ3v) is 2.06. The van der Waals surface area contributed by atoms with Gasteiger partial charge in [0.05, 0.1) is 5.56 Å². The maximum absolute atomic E-state index is 11.0. The molecule has 8 heteroatoms. The standard InChI is InChI=1S/C8H5ClN2O4S/c9-16(13,14)11-8(12)15-7-4-2-1-3-6(7)5-10/h1-4H,(H,11,12). The molecule has 1 rings (SSSR count). The minimum atomic E-state index is -4.20. The summed E-state index contributed by atoms with van der Waals surface area (Å²) >= 11 is 0. The van der Waals surface area contributed by atoms with E-state index in [1.807, 2.05) is 0 Å². The van der Waals surface area contributed by atoms with Crippen LogP contribution in [0.25, 0.3) is 0 Å². The van der Waals surface area contributed by atoms with Gasteiger partial charge in [-0.05, 0) is 12.1 Å². The zero-order valence-corrected chi connectivity index (χ0v) is 9.25. The molecule has 0 heterocycles. The molecule has 0 saturated carbocycles. The van der Waals surface area contributed by atoms with E-state index < -0.39 is 15.3 Å². The Bertz CT molecular complexity index is 549. The molecule has 6 nitrogen and oxygen atoms in total. The fraction of sp³-hybridized carbons (Fsp3) is 0. The fourth-order valence-corrected chi connectivity index (χ4v) is 1.30. The van der Waals surface area contributed by atoms with Crippen LogP contribution in [-0.2, 0) is 9.24 Å². The second-order valence-electron chi connectivity index (χ2n) is 2.54. The zero-order valence-electron chi connectivity index (χ0n) is 7.68. The van der Waals surface area contributed by atoms with E-state index in [4.69, 9.17) is 15.9 Å². The van der Waals surface area contributed by atoms with Crippen LogP contribution in [0.2, 0.25) is 0 Å². The van der Waals surface area contributed by atoms with Gasteiger partial charge in [0.1, 0.15) is 6.07 Å². The highest BCUT2D eigenvalue weighted by Crippen LogP contribution is 2.16. The second kappa shape index (κ2) is 4.83. The monoisotopic (exact) mass is 260 g/mol. The molecule has 0 fully saturated rings. The summed E-state index contributed by atoms with van der Waals surface area (Å²) in [5.41, 5.74) is 0.102. The van der Waals surface area contributed by atoms with Gasteiger partial charge in [-0.25, -0.2) is 9.52 Å². The van der Waals surface area contributed by atoms with Crippen LogP contribution in [0.4, 0.5) is 4.79 Å². The number of benzene rings is 1. The van der Waals surface area contributed by atoms with Crippen molar-refractivity contribution in [1.82, 2.24) is 4.72 Å². The lowest BCUT2D eigenvalue weighted by atomic mass is 10.2. The van der Waals surface area contributed by atoms with Gasteiger partial charge < -0.3 is 4.74 Å². The minimum Gasteiger partial charge on any atom is -0.408 e. The molecule has 0 radical (unpaired) electrons. The van der Waals surface area contributed by atoms with Crippen molar-refractivity contribution in [2.75, 3.05) is 0 Å². The van der Waals surface area contributed by atoms with Crippen LogP contribution in [0.3, 0.4) is 0 Å².